The van der Waals surface area contributed by atoms with E-state index < -0.39 is 21.8 Å². The van der Waals surface area contributed by atoms with Crippen LogP contribution in [0.3, 0.4) is 0 Å². The van der Waals surface area contributed by atoms with Gasteiger partial charge in [0, 0.05) is 48.0 Å². The molecule has 2 heterocycles. The summed E-state index contributed by atoms with van der Waals surface area (Å²) < 4.78 is 53.1. The van der Waals surface area contributed by atoms with Crippen molar-refractivity contribution in [1.82, 2.24) is 10.2 Å². The SMILES string of the molecule is CS(=O)(=O)c1ccc(-c2ccc3cc(O)ccc3c2Oc2ccc(OCCOCCOCCOCCNc3ccc4c(c3)C(=O)N(C3CCC(=O)NC3=O)C4)cc2)cc1. The molecule has 0 radical (unpaired) electrons. The van der Waals surface area contributed by atoms with E-state index in [-0.39, 0.29) is 28.9 Å². The van der Waals surface area contributed by atoms with Gasteiger partial charge in [-0.15, -0.1) is 0 Å². The van der Waals surface area contributed by atoms with Gasteiger partial charge in [0.25, 0.3) is 5.91 Å². The number of hydrogen-bond donors (Lipinski definition) is 3. The molecule has 1 fully saturated rings. The second-order valence-electron chi connectivity index (χ2n) is 14.1. The molecule has 7 rings (SSSR count). The predicted octanol–water partition coefficient (Wildman–Crippen LogP) is 5.71. The van der Waals surface area contributed by atoms with Gasteiger partial charge in [-0.1, -0.05) is 24.3 Å². The fraction of sp³-hybridized carbons (Fsp3) is 0.295. The minimum Gasteiger partial charge on any atom is -0.508 e. The molecule has 0 spiro atoms. The molecule has 0 aromatic heterocycles. The zero-order chi connectivity index (χ0) is 41.4. The molecule has 2 aliphatic rings. The Kier molecular flexibility index (Phi) is 13.1. The molecule has 2 aliphatic heterocycles. The van der Waals surface area contributed by atoms with Gasteiger partial charge < -0.3 is 39.0 Å². The van der Waals surface area contributed by atoms with Gasteiger partial charge in [-0.05, 0) is 95.7 Å². The molecule has 15 heteroatoms. The van der Waals surface area contributed by atoms with Gasteiger partial charge in [0.2, 0.25) is 11.8 Å². The third kappa shape index (κ3) is 10.4. The van der Waals surface area contributed by atoms with E-state index in [4.69, 9.17) is 23.7 Å². The van der Waals surface area contributed by atoms with Crippen molar-refractivity contribution < 1.29 is 51.6 Å². The van der Waals surface area contributed by atoms with Crippen LogP contribution in [0.4, 0.5) is 5.69 Å². The molecule has 1 unspecified atom stereocenters. The number of sulfone groups is 1. The average Bonchev–Trinajstić information content (AvgIpc) is 3.54. The molecule has 59 heavy (non-hydrogen) atoms. The number of benzene rings is 5. The molecule has 14 nitrogen and oxygen atoms in total. The summed E-state index contributed by atoms with van der Waals surface area (Å²) >= 11 is 0. The summed E-state index contributed by atoms with van der Waals surface area (Å²) in [5, 5.41) is 17.2. The fourth-order valence-corrected chi connectivity index (χ4v) is 7.55. The number of imide groups is 1. The highest BCUT2D eigenvalue weighted by molar-refractivity contribution is 7.90. The normalized spacial score (nSPS) is 15.3. The highest BCUT2D eigenvalue weighted by atomic mass is 32.2. The quantitative estimate of drug-likeness (QED) is 0.0684. The molecule has 1 saturated heterocycles. The summed E-state index contributed by atoms with van der Waals surface area (Å²) in [6.07, 6.45) is 1.72. The number of ether oxygens (including phenoxy) is 5. The molecule has 5 aromatic carbocycles. The van der Waals surface area contributed by atoms with Crippen molar-refractivity contribution in [2.75, 3.05) is 64.4 Å². The number of nitrogens with zero attached hydrogens (tertiary/aromatic N) is 1. The van der Waals surface area contributed by atoms with Crippen LogP contribution in [0.1, 0.15) is 28.8 Å². The predicted molar refractivity (Wildman–Crippen MR) is 220 cm³/mol. The van der Waals surface area contributed by atoms with Crippen LogP contribution in [-0.4, -0.2) is 101 Å². The van der Waals surface area contributed by atoms with Gasteiger partial charge in [0.15, 0.2) is 9.84 Å². The van der Waals surface area contributed by atoms with Crippen LogP contribution < -0.4 is 20.1 Å². The van der Waals surface area contributed by atoms with E-state index in [1.807, 2.05) is 24.3 Å². The van der Waals surface area contributed by atoms with Crippen molar-refractivity contribution in [3.8, 4) is 34.1 Å². The summed E-state index contributed by atoms with van der Waals surface area (Å²) in [4.78, 5) is 38.6. The van der Waals surface area contributed by atoms with Crippen molar-refractivity contribution in [1.29, 1.82) is 0 Å². The Labute approximate surface area is 341 Å². The van der Waals surface area contributed by atoms with Crippen molar-refractivity contribution in [2.45, 2.75) is 30.3 Å². The number of carbonyl (C=O) groups is 3. The van der Waals surface area contributed by atoms with E-state index in [1.165, 1.54) is 11.2 Å². The lowest BCUT2D eigenvalue weighted by Crippen LogP contribution is -2.52. The fourth-order valence-electron chi connectivity index (χ4n) is 6.92. The third-order valence-electron chi connectivity index (χ3n) is 9.94. The first-order valence-electron chi connectivity index (χ1n) is 19.2. The number of carbonyl (C=O) groups excluding carboxylic acids is 3. The number of phenols is 1. The zero-order valence-corrected chi connectivity index (χ0v) is 33.3. The number of phenolic OH excluding ortho intramolecular Hbond substituents is 1. The van der Waals surface area contributed by atoms with Crippen LogP contribution in [0.2, 0.25) is 0 Å². The van der Waals surface area contributed by atoms with Crippen LogP contribution in [-0.2, 0) is 40.2 Å². The molecule has 0 aliphatic carbocycles. The number of anilines is 1. The highest BCUT2D eigenvalue weighted by Crippen LogP contribution is 2.41. The van der Waals surface area contributed by atoms with Gasteiger partial charge >= 0.3 is 0 Å². The molecular weight excluding hydrogens is 779 g/mol. The largest absolute Gasteiger partial charge is 0.508 e. The zero-order valence-electron chi connectivity index (χ0n) is 32.5. The Morgan fingerprint density at radius 1 is 0.763 bits per heavy atom. The summed E-state index contributed by atoms with van der Waals surface area (Å²) in [5.74, 6) is 0.970. The minimum atomic E-state index is -3.34. The lowest BCUT2D eigenvalue weighted by molar-refractivity contribution is -0.136. The van der Waals surface area contributed by atoms with E-state index in [9.17, 15) is 27.9 Å². The van der Waals surface area contributed by atoms with Crippen molar-refractivity contribution in [2.24, 2.45) is 0 Å². The van der Waals surface area contributed by atoms with Crippen LogP contribution in [0.15, 0.2) is 102 Å². The lowest BCUT2D eigenvalue weighted by Gasteiger charge is -2.29. The van der Waals surface area contributed by atoms with E-state index >= 15 is 0 Å². The molecule has 308 valence electrons. The second kappa shape index (κ2) is 18.7. The average molecular weight is 824 g/mol. The second-order valence-corrected chi connectivity index (χ2v) is 16.1. The number of hydrogen-bond acceptors (Lipinski definition) is 12. The number of piperidine rings is 1. The van der Waals surface area contributed by atoms with E-state index in [0.29, 0.717) is 88.6 Å². The number of rotatable bonds is 19. The van der Waals surface area contributed by atoms with E-state index in [1.54, 1.807) is 72.8 Å². The van der Waals surface area contributed by atoms with Crippen LogP contribution in [0, 0.1) is 0 Å². The monoisotopic (exact) mass is 823 g/mol. The van der Waals surface area contributed by atoms with Gasteiger partial charge in [0.1, 0.15) is 35.6 Å². The Morgan fingerprint density at radius 3 is 2.17 bits per heavy atom. The summed E-state index contributed by atoms with van der Waals surface area (Å²) in [5.41, 5.74) is 3.73. The summed E-state index contributed by atoms with van der Waals surface area (Å²) in [7, 11) is -3.34. The standard InChI is InChI=1S/C44H45N3O11S/c1-59(52,53)36-12-3-29(4-13-36)37-14-5-30-26-33(48)7-15-38(30)42(37)58-35-10-8-34(9-11-35)57-25-24-56-23-22-55-21-20-54-19-18-45-32-6-2-31-28-47(44(51)39(31)27-32)40-16-17-41(49)46-43(40)50/h2-15,26-27,40,45,48H,16-25,28H2,1H3,(H,46,49,50). The highest BCUT2D eigenvalue weighted by Gasteiger charge is 2.39. The maximum Gasteiger partial charge on any atom is 0.255 e. The van der Waals surface area contributed by atoms with Crippen molar-refractivity contribution >= 4 is 44.0 Å². The molecule has 3 N–H and O–H groups in total. The van der Waals surface area contributed by atoms with Gasteiger partial charge in [-0.25, -0.2) is 8.42 Å². The molecule has 0 bridgehead atoms. The molecule has 1 atom stereocenters. The number of fused-ring (bicyclic) bond motifs is 2. The molecule has 5 aromatic rings. The van der Waals surface area contributed by atoms with Gasteiger partial charge in [-0.2, -0.15) is 0 Å². The number of aromatic hydroxyl groups is 1. The topological polar surface area (TPSA) is 179 Å². The van der Waals surface area contributed by atoms with Gasteiger partial charge in [-0.3, -0.25) is 19.7 Å². The van der Waals surface area contributed by atoms with Gasteiger partial charge in [0.05, 0.1) is 44.5 Å². The Hall–Kier alpha value is -6.00. The maximum absolute atomic E-state index is 13.0. The van der Waals surface area contributed by atoms with E-state index in [2.05, 4.69) is 10.6 Å². The minimum absolute atomic E-state index is 0.136. The Balaban J connectivity index is 0.770. The van der Waals surface area contributed by atoms with Crippen LogP contribution in [0.25, 0.3) is 21.9 Å². The van der Waals surface area contributed by atoms with Crippen molar-refractivity contribution in [3.05, 3.63) is 108 Å². The lowest BCUT2D eigenvalue weighted by atomic mass is 9.99. The van der Waals surface area contributed by atoms with Crippen molar-refractivity contribution in [3.63, 3.8) is 0 Å². The van der Waals surface area contributed by atoms with Crippen LogP contribution >= 0.6 is 0 Å². The first-order valence-corrected chi connectivity index (χ1v) is 21.1. The van der Waals surface area contributed by atoms with E-state index in [0.717, 1.165) is 33.2 Å². The van der Waals surface area contributed by atoms with Crippen LogP contribution in [0.5, 0.6) is 23.0 Å². The molecular formula is C44H45N3O11S. The Bertz CT molecular complexity index is 2420. The molecule has 0 saturated carbocycles. The number of nitrogens with one attached hydrogen (secondary N) is 2. The summed E-state index contributed by atoms with van der Waals surface area (Å²) in [6, 6.07) is 27.6. The third-order valence-corrected chi connectivity index (χ3v) is 11.1. The first kappa shape index (κ1) is 41.2. The first-order chi connectivity index (χ1) is 28.5. The number of amides is 3. The smallest absolute Gasteiger partial charge is 0.255 e. The Morgan fingerprint density at radius 2 is 1.46 bits per heavy atom. The maximum atomic E-state index is 13.0. The molecule has 3 amide bonds. The summed E-state index contributed by atoms with van der Waals surface area (Å²) in [6.45, 7) is 3.67.